The third-order valence-corrected chi connectivity index (χ3v) is 3.89. The number of hydrogen-bond donors (Lipinski definition) is 1. The summed E-state index contributed by atoms with van der Waals surface area (Å²) >= 11 is 2.95. The lowest BCUT2D eigenvalue weighted by Gasteiger charge is -1.99. The summed E-state index contributed by atoms with van der Waals surface area (Å²) in [6.45, 7) is 0. The van der Waals surface area contributed by atoms with Crippen LogP contribution in [0.5, 0.6) is 0 Å². The molecule has 0 aliphatic carbocycles. The highest BCUT2D eigenvalue weighted by atomic mass is 127. The van der Waals surface area contributed by atoms with E-state index in [1.807, 2.05) is 22.6 Å². The fraction of sp³-hybridized carbons (Fsp3) is 0. The zero-order valence-electron chi connectivity index (χ0n) is 6.75. The molecule has 0 unspecified atom stereocenters. The molecular weight excluding hydrogens is 318 g/mol. The highest BCUT2D eigenvalue weighted by Crippen LogP contribution is 2.30. The fourth-order valence-corrected chi connectivity index (χ4v) is 3.05. The quantitative estimate of drug-likeness (QED) is 0.818. The minimum absolute atomic E-state index is 0.218. The lowest BCUT2D eigenvalue weighted by Crippen LogP contribution is -1.98. The van der Waals surface area contributed by atoms with Crippen LogP contribution in [0.2, 0.25) is 0 Å². The lowest BCUT2D eigenvalue weighted by molar-refractivity contribution is 0.0696. The Morgan fingerprint density at radius 2 is 2.21 bits per heavy atom. The van der Waals surface area contributed by atoms with E-state index in [2.05, 4.69) is 0 Å². The summed E-state index contributed by atoms with van der Waals surface area (Å²) in [6, 6.07) is 4.51. The van der Waals surface area contributed by atoms with E-state index in [0.29, 0.717) is 8.96 Å². The van der Waals surface area contributed by atoms with Gasteiger partial charge in [0, 0.05) is 13.7 Å². The predicted octanol–water partition coefficient (Wildman–Crippen LogP) is 3.34. The van der Waals surface area contributed by atoms with Crippen molar-refractivity contribution < 1.29 is 14.3 Å². The standard InChI is InChI=1S/C9H4FIO2S/c10-7-3-5-6(14-7)2-1-4(8(5)11)9(12)13/h1-3H,(H,12,13). The minimum atomic E-state index is -0.983. The van der Waals surface area contributed by atoms with Crippen molar-refractivity contribution in [2.24, 2.45) is 0 Å². The third kappa shape index (κ3) is 1.50. The van der Waals surface area contributed by atoms with E-state index >= 15 is 0 Å². The van der Waals surface area contributed by atoms with Crippen molar-refractivity contribution in [3.05, 3.63) is 32.5 Å². The molecule has 1 aromatic carbocycles. The van der Waals surface area contributed by atoms with Crippen molar-refractivity contribution >= 4 is 50.0 Å². The number of hydrogen-bond acceptors (Lipinski definition) is 2. The van der Waals surface area contributed by atoms with Crippen LogP contribution in [0, 0.1) is 8.70 Å². The lowest BCUT2D eigenvalue weighted by atomic mass is 10.2. The van der Waals surface area contributed by atoms with Gasteiger partial charge in [0.2, 0.25) is 0 Å². The van der Waals surface area contributed by atoms with Gasteiger partial charge < -0.3 is 5.11 Å². The van der Waals surface area contributed by atoms with Gasteiger partial charge in [-0.3, -0.25) is 0 Å². The molecule has 0 saturated heterocycles. The van der Waals surface area contributed by atoms with Crippen LogP contribution in [0.4, 0.5) is 4.39 Å². The average molecular weight is 322 g/mol. The number of aromatic carboxylic acids is 1. The van der Waals surface area contributed by atoms with Gasteiger partial charge in [-0.05, 0) is 40.8 Å². The molecule has 1 aromatic heterocycles. The Hall–Kier alpha value is -0.690. The zero-order chi connectivity index (χ0) is 10.3. The maximum Gasteiger partial charge on any atom is 0.336 e. The summed E-state index contributed by atoms with van der Waals surface area (Å²) in [5.41, 5.74) is 0.218. The van der Waals surface area contributed by atoms with Crippen molar-refractivity contribution in [3.8, 4) is 0 Å². The molecule has 0 aliphatic heterocycles. The molecule has 0 bridgehead atoms. The van der Waals surface area contributed by atoms with Gasteiger partial charge in [0.25, 0.3) is 0 Å². The van der Waals surface area contributed by atoms with Crippen molar-refractivity contribution in [3.63, 3.8) is 0 Å². The molecule has 0 saturated carbocycles. The van der Waals surface area contributed by atoms with E-state index in [0.717, 1.165) is 16.0 Å². The fourth-order valence-electron chi connectivity index (χ4n) is 1.21. The van der Waals surface area contributed by atoms with E-state index in [4.69, 9.17) is 5.11 Å². The van der Waals surface area contributed by atoms with E-state index in [9.17, 15) is 9.18 Å². The number of rotatable bonds is 1. The molecule has 0 amide bonds. The van der Waals surface area contributed by atoms with Gasteiger partial charge in [-0.15, -0.1) is 11.3 Å². The monoisotopic (exact) mass is 322 g/mol. The summed E-state index contributed by atoms with van der Waals surface area (Å²) in [5.74, 6) is -0.983. The van der Waals surface area contributed by atoms with E-state index in [-0.39, 0.29) is 10.7 Å². The highest BCUT2D eigenvalue weighted by Gasteiger charge is 2.13. The normalized spacial score (nSPS) is 10.7. The Labute approximate surface area is 96.5 Å². The van der Waals surface area contributed by atoms with E-state index in [1.54, 1.807) is 6.07 Å². The first-order chi connectivity index (χ1) is 6.59. The molecule has 0 spiro atoms. The van der Waals surface area contributed by atoms with Crippen molar-refractivity contribution in [1.82, 2.24) is 0 Å². The summed E-state index contributed by atoms with van der Waals surface area (Å²) in [7, 11) is 0. The smallest absolute Gasteiger partial charge is 0.336 e. The number of thiophene rings is 1. The second-order valence-corrected chi connectivity index (χ2v) is 4.81. The number of benzene rings is 1. The number of carboxylic acid groups (broad SMARTS) is 1. The Morgan fingerprint density at radius 3 is 2.86 bits per heavy atom. The average Bonchev–Trinajstić information content (AvgIpc) is 2.46. The number of halogens is 2. The molecule has 2 rings (SSSR count). The molecule has 5 heteroatoms. The van der Waals surface area contributed by atoms with Crippen LogP contribution in [0.15, 0.2) is 18.2 Å². The first-order valence-electron chi connectivity index (χ1n) is 3.70. The number of fused-ring (bicyclic) bond motifs is 1. The van der Waals surface area contributed by atoms with Gasteiger partial charge in [-0.2, -0.15) is 4.39 Å². The molecule has 2 aromatic rings. The van der Waals surface area contributed by atoms with Crippen molar-refractivity contribution in [1.29, 1.82) is 0 Å². The first-order valence-corrected chi connectivity index (χ1v) is 5.60. The van der Waals surface area contributed by atoms with Crippen LogP contribution in [0.25, 0.3) is 10.1 Å². The van der Waals surface area contributed by atoms with Crippen LogP contribution in [0.3, 0.4) is 0 Å². The Morgan fingerprint density at radius 1 is 1.50 bits per heavy atom. The topological polar surface area (TPSA) is 37.3 Å². The van der Waals surface area contributed by atoms with Gasteiger partial charge in [-0.25, -0.2) is 4.79 Å². The SMILES string of the molecule is O=C(O)c1ccc2sc(F)cc2c1I. The second kappa shape index (κ2) is 3.47. The maximum absolute atomic E-state index is 12.9. The number of carboxylic acids is 1. The Bertz CT molecular complexity index is 521. The highest BCUT2D eigenvalue weighted by molar-refractivity contribution is 14.1. The van der Waals surface area contributed by atoms with Gasteiger partial charge in [0.15, 0.2) is 5.13 Å². The molecule has 0 aliphatic rings. The van der Waals surface area contributed by atoms with Crippen LogP contribution in [-0.4, -0.2) is 11.1 Å². The molecule has 0 fully saturated rings. The summed E-state index contributed by atoms with van der Waals surface area (Å²) in [4.78, 5) is 10.8. The second-order valence-electron chi connectivity index (χ2n) is 2.69. The van der Waals surface area contributed by atoms with Crippen LogP contribution >= 0.6 is 33.9 Å². The predicted molar refractivity (Wildman–Crippen MR) is 61.5 cm³/mol. The Balaban J connectivity index is 2.80. The largest absolute Gasteiger partial charge is 0.478 e. The molecular formula is C9H4FIO2S. The molecule has 1 heterocycles. The van der Waals surface area contributed by atoms with Gasteiger partial charge >= 0.3 is 5.97 Å². The van der Waals surface area contributed by atoms with Crippen molar-refractivity contribution in [2.75, 3.05) is 0 Å². The zero-order valence-corrected chi connectivity index (χ0v) is 9.73. The van der Waals surface area contributed by atoms with E-state index in [1.165, 1.54) is 12.1 Å². The van der Waals surface area contributed by atoms with Crippen LogP contribution < -0.4 is 0 Å². The maximum atomic E-state index is 12.9. The summed E-state index contributed by atoms with van der Waals surface area (Å²) < 4.78 is 14.3. The summed E-state index contributed by atoms with van der Waals surface area (Å²) in [6.07, 6.45) is 0. The van der Waals surface area contributed by atoms with Crippen LogP contribution in [0.1, 0.15) is 10.4 Å². The van der Waals surface area contributed by atoms with E-state index < -0.39 is 5.97 Å². The Kier molecular flexibility index (Phi) is 2.44. The molecule has 1 N–H and O–H groups in total. The summed E-state index contributed by atoms with van der Waals surface area (Å²) in [5, 5.41) is 9.22. The molecule has 0 radical (unpaired) electrons. The number of carbonyl (C=O) groups is 1. The van der Waals surface area contributed by atoms with Crippen molar-refractivity contribution in [2.45, 2.75) is 0 Å². The minimum Gasteiger partial charge on any atom is -0.478 e. The molecule has 72 valence electrons. The van der Waals surface area contributed by atoms with Crippen LogP contribution in [-0.2, 0) is 0 Å². The van der Waals surface area contributed by atoms with Gasteiger partial charge in [0.1, 0.15) is 0 Å². The molecule has 0 atom stereocenters. The third-order valence-electron chi connectivity index (χ3n) is 1.84. The van der Waals surface area contributed by atoms with Gasteiger partial charge in [0.05, 0.1) is 5.56 Å². The molecule has 14 heavy (non-hydrogen) atoms. The first kappa shape index (κ1) is 9.85. The van der Waals surface area contributed by atoms with Gasteiger partial charge in [-0.1, -0.05) is 0 Å². The molecule has 2 nitrogen and oxygen atoms in total.